The van der Waals surface area contributed by atoms with Gasteiger partial charge in [0.1, 0.15) is 5.88 Å². The number of amides is 2. The molecule has 2 amide bonds. The van der Waals surface area contributed by atoms with Gasteiger partial charge < -0.3 is 10.2 Å². The van der Waals surface area contributed by atoms with Gasteiger partial charge in [-0.2, -0.15) is 0 Å². The summed E-state index contributed by atoms with van der Waals surface area (Å²) in [5.74, 6) is 1.40. The Morgan fingerprint density at radius 2 is 1.81 bits per heavy atom. The van der Waals surface area contributed by atoms with E-state index in [0.29, 0.717) is 24.3 Å². The van der Waals surface area contributed by atoms with Crippen molar-refractivity contribution in [2.45, 2.75) is 57.0 Å². The summed E-state index contributed by atoms with van der Waals surface area (Å²) in [5.41, 5.74) is 1.37. The lowest BCUT2D eigenvalue weighted by molar-refractivity contribution is -0.133. The summed E-state index contributed by atoms with van der Waals surface area (Å²) in [4.78, 5) is 26.0. The lowest BCUT2D eigenvalue weighted by Gasteiger charge is -2.35. The molecule has 2 fully saturated rings. The van der Waals surface area contributed by atoms with Crippen LogP contribution in [0.15, 0.2) is 30.3 Å². The van der Waals surface area contributed by atoms with Crippen LogP contribution in [0, 0.1) is 11.8 Å². The van der Waals surface area contributed by atoms with Crippen molar-refractivity contribution in [3.63, 3.8) is 0 Å². The Hall–Kier alpha value is -1.55. The maximum absolute atomic E-state index is 12.6. The van der Waals surface area contributed by atoms with Gasteiger partial charge in [-0.05, 0) is 55.9 Å². The van der Waals surface area contributed by atoms with E-state index in [2.05, 4.69) is 29.6 Å². The summed E-state index contributed by atoms with van der Waals surface area (Å²) < 4.78 is 0. The third kappa shape index (κ3) is 5.23. The molecule has 2 aliphatic carbocycles. The van der Waals surface area contributed by atoms with E-state index < -0.39 is 0 Å². The van der Waals surface area contributed by atoms with Crippen molar-refractivity contribution in [2.75, 3.05) is 12.9 Å². The molecule has 1 aromatic carbocycles. The molecule has 5 heteroatoms. The zero-order valence-corrected chi connectivity index (χ0v) is 16.3. The van der Waals surface area contributed by atoms with E-state index in [-0.39, 0.29) is 23.7 Å². The number of alkyl halides is 1. The number of rotatable bonds is 7. The van der Waals surface area contributed by atoms with Crippen LogP contribution >= 0.6 is 11.6 Å². The number of hydrogen-bond donors (Lipinski definition) is 1. The Kier molecular flexibility index (Phi) is 6.58. The van der Waals surface area contributed by atoms with Gasteiger partial charge in [0.2, 0.25) is 11.8 Å². The zero-order valence-electron chi connectivity index (χ0n) is 15.5. The van der Waals surface area contributed by atoms with Gasteiger partial charge in [-0.3, -0.25) is 9.59 Å². The van der Waals surface area contributed by atoms with Crippen LogP contribution in [0.1, 0.15) is 44.1 Å². The molecule has 2 aliphatic rings. The number of benzene rings is 1. The topological polar surface area (TPSA) is 49.4 Å². The van der Waals surface area contributed by atoms with Gasteiger partial charge in [-0.15, -0.1) is 11.6 Å². The SMILES string of the molecule is CN(C(=O)C[C@@H]1C[C@H]1Cc1ccccc1)C1CCC(NC(=O)CCl)CC1. The second-order valence-electron chi connectivity index (χ2n) is 7.86. The van der Waals surface area contributed by atoms with Gasteiger partial charge >= 0.3 is 0 Å². The minimum Gasteiger partial charge on any atom is -0.352 e. The average molecular weight is 377 g/mol. The molecule has 0 unspecified atom stereocenters. The van der Waals surface area contributed by atoms with Crippen molar-refractivity contribution in [3.8, 4) is 0 Å². The molecular formula is C21H29ClN2O2. The molecule has 1 aromatic rings. The van der Waals surface area contributed by atoms with E-state index in [1.807, 2.05) is 18.0 Å². The lowest BCUT2D eigenvalue weighted by Crippen LogP contribution is -2.45. The molecule has 0 aliphatic heterocycles. The van der Waals surface area contributed by atoms with Gasteiger partial charge in [0.05, 0.1) is 0 Å². The summed E-state index contributed by atoms with van der Waals surface area (Å²) in [7, 11) is 1.94. The highest BCUT2D eigenvalue weighted by atomic mass is 35.5. The second kappa shape index (κ2) is 8.90. The predicted molar refractivity (Wildman–Crippen MR) is 104 cm³/mol. The minimum absolute atomic E-state index is 0.0177. The fraction of sp³-hybridized carbons (Fsp3) is 0.619. The quantitative estimate of drug-likeness (QED) is 0.741. The fourth-order valence-corrected chi connectivity index (χ4v) is 4.25. The van der Waals surface area contributed by atoms with Gasteiger partial charge in [0.15, 0.2) is 0 Å². The molecule has 0 saturated heterocycles. The van der Waals surface area contributed by atoms with Crippen LogP contribution in [0.5, 0.6) is 0 Å². The molecule has 1 N–H and O–H groups in total. The molecule has 142 valence electrons. The highest BCUT2D eigenvalue weighted by molar-refractivity contribution is 6.27. The standard InChI is InChI=1S/C21H29ClN2O2/c1-24(19-9-7-18(8-10-19)23-20(25)14-22)21(26)13-17-12-16(17)11-15-5-3-2-4-6-15/h2-6,16-19H,7-14H2,1H3,(H,23,25)/t16-,17+,18?,19?/m1/s1. The van der Waals surface area contributed by atoms with Crippen molar-refractivity contribution in [1.82, 2.24) is 10.2 Å². The number of hydrogen-bond acceptors (Lipinski definition) is 2. The molecule has 26 heavy (non-hydrogen) atoms. The number of carbonyl (C=O) groups excluding carboxylic acids is 2. The normalized spacial score (nSPS) is 27.6. The Morgan fingerprint density at radius 1 is 1.12 bits per heavy atom. The maximum Gasteiger partial charge on any atom is 0.235 e. The smallest absolute Gasteiger partial charge is 0.235 e. The third-order valence-electron chi connectivity index (χ3n) is 5.97. The molecule has 0 bridgehead atoms. The van der Waals surface area contributed by atoms with E-state index in [1.54, 1.807) is 0 Å². The number of carbonyl (C=O) groups is 2. The number of nitrogens with one attached hydrogen (secondary N) is 1. The maximum atomic E-state index is 12.6. The summed E-state index contributed by atoms with van der Waals surface area (Å²) in [6.45, 7) is 0. The van der Waals surface area contributed by atoms with Gasteiger partial charge in [-0.25, -0.2) is 0 Å². The summed E-state index contributed by atoms with van der Waals surface area (Å²) in [5, 5.41) is 2.95. The first kappa shape index (κ1) is 19.2. The van der Waals surface area contributed by atoms with Crippen LogP contribution in [-0.2, 0) is 16.0 Å². The van der Waals surface area contributed by atoms with Crippen molar-refractivity contribution in [1.29, 1.82) is 0 Å². The van der Waals surface area contributed by atoms with Crippen molar-refractivity contribution in [2.24, 2.45) is 11.8 Å². The molecule has 0 radical (unpaired) electrons. The molecule has 2 saturated carbocycles. The van der Waals surface area contributed by atoms with Crippen LogP contribution in [0.3, 0.4) is 0 Å². The van der Waals surface area contributed by atoms with Gasteiger partial charge in [0, 0.05) is 25.6 Å². The van der Waals surface area contributed by atoms with E-state index in [0.717, 1.165) is 32.1 Å². The Labute approximate surface area is 161 Å². The van der Waals surface area contributed by atoms with E-state index in [1.165, 1.54) is 12.0 Å². The van der Waals surface area contributed by atoms with Crippen molar-refractivity contribution in [3.05, 3.63) is 35.9 Å². The Morgan fingerprint density at radius 3 is 2.46 bits per heavy atom. The summed E-state index contributed by atoms with van der Waals surface area (Å²) >= 11 is 5.54. The minimum atomic E-state index is -0.0993. The van der Waals surface area contributed by atoms with E-state index >= 15 is 0 Å². The van der Waals surface area contributed by atoms with Crippen molar-refractivity contribution < 1.29 is 9.59 Å². The number of halogens is 1. The highest BCUT2D eigenvalue weighted by Crippen LogP contribution is 2.44. The summed E-state index contributed by atoms with van der Waals surface area (Å²) in [6.07, 6.45) is 6.69. The zero-order chi connectivity index (χ0) is 18.5. The first-order chi connectivity index (χ1) is 12.6. The number of nitrogens with zero attached hydrogens (tertiary/aromatic N) is 1. The lowest BCUT2D eigenvalue weighted by atomic mass is 9.90. The van der Waals surface area contributed by atoms with Crippen LogP contribution in [0.25, 0.3) is 0 Å². The van der Waals surface area contributed by atoms with E-state index in [4.69, 9.17) is 11.6 Å². The van der Waals surface area contributed by atoms with Gasteiger partial charge in [0.25, 0.3) is 0 Å². The molecule has 0 spiro atoms. The molecular weight excluding hydrogens is 348 g/mol. The largest absolute Gasteiger partial charge is 0.352 e. The first-order valence-electron chi connectivity index (χ1n) is 9.71. The van der Waals surface area contributed by atoms with Gasteiger partial charge in [-0.1, -0.05) is 30.3 Å². The summed E-state index contributed by atoms with van der Waals surface area (Å²) in [6, 6.07) is 11.1. The van der Waals surface area contributed by atoms with Crippen LogP contribution in [-0.4, -0.2) is 41.7 Å². The van der Waals surface area contributed by atoms with E-state index in [9.17, 15) is 9.59 Å². The second-order valence-corrected chi connectivity index (χ2v) is 8.13. The molecule has 0 aromatic heterocycles. The first-order valence-corrected chi connectivity index (χ1v) is 10.2. The Balaban J connectivity index is 1.38. The van der Waals surface area contributed by atoms with Crippen LogP contribution in [0.4, 0.5) is 0 Å². The molecule has 0 heterocycles. The fourth-order valence-electron chi connectivity index (χ4n) is 4.17. The van der Waals surface area contributed by atoms with Crippen LogP contribution < -0.4 is 5.32 Å². The monoisotopic (exact) mass is 376 g/mol. The highest BCUT2D eigenvalue weighted by Gasteiger charge is 2.39. The van der Waals surface area contributed by atoms with Crippen molar-refractivity contribution >= 4 is 23.4 Å². The molecule has 4 nitrogen and oxygen atoms in total. The van der Waals surface area contributed by atoms with Crippen LogP contribution in [0.2, 0.25) is 0 Å². The molecule has 2 atom stereocenters. The Bertz CT molecular complexity index is 614. The third-order valence-corrected chi connectivity index (χ3v) is 6.21. The average Bonchev–Trinajstić information content (AvgIpc) is 3.39. The predicted octanol–water partition coefficient (Wildman–Crippen LogP) is 3.38. The molecule has 3 rings (SSSR count).